The van der Waals surface area contributed by atoms with E-state index >= 15 is 0 Å². The van der Waals surface area contributed by atoms with Gasteiger partial charge in [0.25, 0.3) is 0 Å². The first-order valence-corrected chi connectivity index (χ1v) is 11.8. The molecule has 1 atom stereocenters. The van der Waals surface area contributed by atoms with E-state index in [4.69, 9.17) is 4.52 Å². The molecule has 1 fully saturated rings. The molecule has 0 unspecified atom stereocenters. The topological polar surface area (TPSA) is 92.3 Å². The normalized spacial score (nSPS) is 15.7. The van der Waals surface area contributed by atoms with Gasteiger partial charge in [-0.05, 0) is 26.0 Å². The fraction of sp³-hybridized carbons (Fsp3) is 0.308. The maximum Gasteiger partial charge on any atom is 0.244 e. The number of anilines is 1. The number of hydrogen-bond acceptors (Lipinski definition) is 7. The molecule has 9 heteroatoms. The molecule has 1 saturated heterocycles. The standard InChI is InChI=1S/C26H29N7O2/c1-19-17-23(33(29-19)22-11-7-4-8-12-22)27-24(34)18-31-13-15-32(16-14-31)20(2)26-28-25(30-35-26)21-9-5-3-6-10-21/h3-12,17,20H,13-16,18H2,1-2H3,(H,27,34)/t20-/m0/s1. The lowest BCUT2D eigenvalue weighted by molar-refractivity contribution is -0.117. The van der Waals surface area contributed by atoms with E-state index in [-0.39, 0.29) is 11.9 Å². The second-order valence-electron chi connectivity index (χ2n) is 8.78. The first-order valence-electron chi connectivity index (χ1n) is 11.8. The van der Waals surface area contributed by atoms with E-state index in [1.54, 1.807) is 4.68 Å². The number of rotatable bonds is 7. The molecule has 9 nitrogen and oxygen atoms in total. The Morgan fingerprint density at radius 1 is 1.03 bits per heavy atom. The molecule has 0 radical (unpaired) electrons. The van der Waals surface area contributed by atoms with Gasteiger partial charge in [0.05, 0.1) is 24.0 Å². The SMILES string of the molecule is Cc1cc(NC(=O)CN2CCN([C@@H](C)c3nc(-c4ccccc4)no3)CC2)n(-c2ccccc2)n1. The van der Waals surface area contributed by atoms with Crippen molar-refractivity contribution in [3.8, 4) is 17.1 Å². The number of nitrogens with one attached hydrogen (secondary N) is 1. The number of carbonyl (C=O) groups is 1. The molecule has 3 heterocycles. The number of para-hydroxylation sites is 1. The van der Waals surface area contributed by atoms with E-state index < -0.39 is 0 Å². The predicted octanol–water partition coefficient (Wildman–Crippen LogP) is 3.55. The van der Waals surface area contributed by atoms with Crippen LogP contribution in [0.25, 0.3) is 17.1 Å². The van der Waals surface area contributed by atoms with Crippen LogP contribution in [-0.2, 0) is 4.79 Å². The maximum absolute atomic E-state index is 12.8. The molecular formula is C26H29N7O2. The Balaban J connectivity index is 1.15. The molecule has 1 aliphatic rings. The molecule has 1 N–H and O–H groups in total. The highest BCUT2D eigenvalue weighted by atomic mass is 16.5. The Hall–Kier alpha value is -3.82. The molecule has 0 spiro atoms. The summed E-state index contributed by atoms with van der Waals surface area (Å²) < 4.78 is 7.32. The smallest absolute Gasteiger partial charge is 0.244 e. The van der Waals surface area contributed by atoms with Crippen molar-refractivity contribution in [1.29, 1.82) is 0 Å². The zero-order valence-corrected chi connectivity index (χ0v) is 20.0. The summed E-state index contributed by atoms with van der Waals surface area (Å²) in [5.74, 6) is 1.84. The van der Waals surface area contributed by atoms with Crippen LogP contribution in [0.2, 0.25) is 0 Å². The molecule has 0 saturated carbocycles. The quantitative estimate of drug-likeness (QED) is 0.441. The first kappa shape index (κ1) is 22.9. The Morgan fingerprint density at radius 2 is 1.71 bits per heavy atom. The highest BCUT2D eigenvalue weighted by Crippen LogP contribution is 2.23. The van der Waals surface area contributed by atoms with Gasteiger partial charge in [-0.15, -0.1) is 0 Å². The molecule has 35 heavy (non-hydrogen) atoms. The Bertz CT molecular complexity index is 1260. The lowest BCUT2D eigenvalue weighted by atomic mass is 10.2. The molecule has 5 rings (SSSR count). The van der Waals surface area contributed by atoms with Crippen molar-refractivity contribution < 1.29 is 9.32 Å². The molecule has 180 valence electrons. The third kappa shape index (κ3) is 5.31. The van der Waals surface area contributed by atoms with Crippen molar-refractivity contribution in [3.63, 3.8) is 0 Å². The summed E-state index contributed by atoms with van der Waals surface area (Å²) in [5.41, 5.74) is 2.70. The third-order valence-electron chi connectivity index (χ3n) is 6.25. The van der Waals surface area contributed by atoms with Gasteiger partial charge in [-0.1, -0.05) is 53.7 Å². The monoisotopic (exact) mass is 471 g/mol. The van der Waals surface area contributed by atoms with Crippen molar-refractivity contribution in [2.45, 2.75) is 19.9 Å². The number of aromatic nitrogens is 4. The van der Waals surface area contributed by atoms with Crippen LogP contribution in [0.4, 0.5) is 5.82 Å². The molecule has 0 bridgehead atoms. The molecule has 2 aromatic carbocycles. The average Bonchev–Trinajstić information content (AvgIpc) is 3.52. The largest absolute Gasteiger partial charge is 0.337 e. The zero-order valence-electron chi connectivity index (χ0n) is 20.0. The lowest BCUT2D eigenvalue weighted by Gasteiger charge is -2.36. The van der Waals surface area contributed by atoms with Crippen LogP contribution in [0.15, 0.2) is 71.3 Å². The number of carbonyl (C=O) groups excluding carboxylic acids is 1. The summed E-state index contributed by atoms with van der Waals surface area (Å²) in [6.07, 6.45) is 0. The van der Waals surface area contributed by atoms with Crippen molar-refractivity contribution >= 4 is 11.7 Å². The minimum atomic E-state index is -0.0482. The summed E-state index contributed by atoms with van der Waals surface area (Å²) >= 11 is 0. The second kappa shape index (κ2) is 10.2. The minimum absolute atomic E-state index is 0.0131. The van der Waals surface area contributed by atoms with Crippen molar-refractivity contribution in [1.82, 2.24) is 29.7 Å². The molecule has 0 aliphatic carbocycles. The number of benzene rings is 2. The minimum Gasteiger partial charge on any atom is -0.337 e. The van der Waals surface area contributed by atoms with Gasteiger partial charge in [0.15, 0.2) is 0 Å². The van der Waals surface area contributed by atoms with E-state index in [2.05, 4.69) is 37.3 Å². The van der Waals surface area contributed by atoms with Crippen LogP contribution in [0.3, 0.4) is 0 Å². The Labute approximate surface area is 204 Å². The number of hydrogen-bond donors (Lipinski definition) is 1. The van der Waals surface area contributed by atoms with Crippen molar-refractivity contribution in [2.24, 2.45) is 0 Å². The summed E-state index contributed by atoms with van der Waals surface area (Å²) in [5, 5.41) is 11.7. The van der Waals surface area contributed by atoms with Crippen molar-refractivity contribution in [3.05, 3.63) is 78.3 Å². The fourth-order valence-corrected chi connectivity index (χ4v) is 4.31. The summed E-state index contributed by atoms with van der Waals surface area (Å²) in [4.78, 5) is 21.9. The zero-order chi connectivity index (χ0) is 24.2. The van der Waals surface area contributed by atoms with Crippen LogP contribution in [0.1, 0.15) is 24.6 Å². The highest BCUT2D eigenvalue weighted by Gasteiger charge is 2.27. The molecule has 2 aromatic heterocycles. The van der Waals surface area contributed by atoms with Gasteiger partial charge in [-0.25, -0.2) is 4.68 Å². The second-order valence-corrected chi connectivity index (χ2v) is 8.78. The molecule has 1 aliphatic heterocycles. The van der Waals surface area contributed by atoms with E-state index in [9.17, 15) is 4.79 Å². The number of aryl methyl sites for hydroxylation is 1. The van der Waals surface area contributed by atoms with Crippen LogP contribution in [0.5, 0.6) is 0 Å². The van der Waals surface area contributed by atoms with Gasteiger partial charge in [0.2, 0.25) is 17.6 Å². The van der Waals surface area contributed by atoms with Crippen LogP contribution in [-0.4, -0.2) is 68.4 Å². The van der Waals surface area contributed by atoms with E-state index in [1.807, 2.05) is 73.7 Å². The third-order valence-corrected chi connectivity index (χ3v) is 6.25. The number of nitrogens with zero attached hydrogens (tertiary/aromatic N) is 6. The fourth-order valence-electron chi connectivity index (χ4n) is 4.31. The summed E-state index contributed by atoms with van der Waals surface area (Å²) in [6, 6.07) is 21.5. The summed E-state index contributed by atoms with van der Waals surface area (Å²) in [7, 11) is 0. The van der Waals surface area contributed by atoms with Gasteiger partial charge in [-0.3, -0.25) is 14.6 Å². The first-order chi connectivity index (χ1) is 17.1. The number of amides is 1. The highest BCUT2D eigenvalue weighted by molar-refractivity contribution is 5.91. The van der Waals surface area contributed by atoms with Crippen LogP contribution < -0.4 is 5.32 Å². The van der Waals surface area contributed by atoms with Gasteiger partial charge in [0, 0.05) is 37.8 Å². The lowest BCUT2D eigenvalue weighted by Crippen LogP contribution is -2.49. The summed E-state index contributed by atoms with van der Waals surface area (Å²) in [6.45, 7) is 7.54. The molecule has 4 aromatic rings. The van der Waals surface area contributed by atoms with Gasteiger partial charge in [-0.2, -0.15) is 10.1 Å². The molecule has 1 amide bonds. The van der Waals surface area contributed by atoms with Crippen LogP contribution in [0, 0.1) is 6.92 Å². The maximum atomic E-state index is 12.8. The predicted molar refractivity (Wildman–Crippen MR) is 133 cm³/mol. The van der Waals surface area contributed by atoms with Gasteiger partial charge < -0.3 is 9.84 Å². The number of piperazine rings is 1. The Morgan fingerprint density at radius 3 is 2.43 bits per heavy atom. The van der Waals surface area contributed by atoms with Gasteiger partial charge in [0.1, 0.15) is 5.82 Å². The average molecular weight is 472 g/mol. The van der Waals surface area contributed by atoms with Crippen LogP contribution >= 0.6 is 0 Å². The van der Waals surface area contributed by atoms with E-state index in [0.29, 0.717) is 24.1 Å². The van der Waals surface area contributed by atoms with E-state index in [1.165, 1.54) is 0 Å². The Kier molecular flexibility index (Phi) is 6.69. The van der Waals surface area contributed by atoms with Gasteiger partial charge >= 0.3 is 0 Å². The van der Waals surface area contributed by atoms with Crippen molar-refractivity contribution in [2.75, 3.05) is 38.0 Å². The molecular weight excluding hydrogens is 442 g/mol. The van der Waals surface area contributed by atoms with E-state index in [0.717, 1.165) is 43.1 Å².